The summed E-state index contributed by atoms with van der Waals surface area (Å²) in [5.74, 6) is 0.602. The van der Waals surface area contributed by atoms with E-state index in [2.05, 4.69) is 188 Å². The quantitative estimate of drug-likeness (QED) is 0.136. The highest BCUT2D eigenvalue weighted by Gasteiger charge is 2.23. The van der Waals surface area contributed by atoms with Crippen molar-refractivity contribution < 1.29 is 0 Å². The van der Waals surface area contributed by atoms with Crippen molar-refractivity contribution in [3.63, 3.8) is 0 Å². The monoisotopic (exact) mass is 703 g/mol. The maximum absolute atomic E-state index is 6.17. The molecule has 0 atom stereocenters. The molecule has 1 aliphatic rings. The van der Waals surface area contributed by atoms with Crippen molar-refractivity contribution in [2.75, 3.05) is 6.67 Å². The molecule has 0 bridgehead atoms. The van der Waals surface area contributed by atoms with E-state index >= 15 is 0 Å². The molecule has 260 valence electrons. The van der Waals surface area contributed by atoms with Gasteiger partial charge in [-0.1, -0.05) is 170 Å². The highest BCUT2D eigenvalue weighted by molar-refractivity contribution is 6.25. The molecule has 0 amide bonds. The van der Waals surface area contributed by atoms with Crippen LogP contribution in [0.3, 0.4) is 0 Å². The van der Waals surface area contributed by atoms with Crippen LogP contribution in [0.5, 0.6) is 0 Å². The molecule has 0 fully saturated rings. The van der Waals surface area contributed by atoms with Crippen LogP contribution in [0.2, 0.25) is 0 Å². The summed E-state index contributed by atoms with van der Waals surface area (Å²) in [7, 11) is 0. The zero-order valence-corrected chi connectivity index (χ0v) is 30.3. The predicted octanol–water partition coefficient (Wildman–Crippen LogP) is 12.3. The molecule has 9 aromatic rings. The van der Waals surface area contributed by atoms with Gasteiger partial charge in [0.2, 0.25) is 0 Å². The van der Waals surface area contributed by atoms with Gasteiger partial charge in [0, 0.05) is 16.7 Å². The van der Waals surface area contributed by atoms with Crippen LogP contribution in [-0.2, 0) is 6.42 Å². The summed E-state index contributed by atoms with van der Waals surface area (Å²) >= 11 is 0. The standard InChI is InChI=1S/C52H37N3/c53-33-54-52(37-23-21-36(22-24-37)47-18-9-17-43-31-45-30-39-14-6-7-15-40(39)32-49(45)50(43)47)55-51(44-25-20-35-12-4-5-13-38(35)29-44)48-19-8-16-42-28-41(26-27-46(42)48)34-10-2-1-3-11-34/h1-30,32H,31,33,53H2. The van der Waals surface area contributed by atoms with E-state index in [1.807, 2.05) is 0 Å². The van der Waals surface area contributed by atoms with E-state index < -0.39 is 0 Å². The van der Waals surface area contributed by atoms with E-state index in [0.29, 0.717) is 5.84 Å². The number of hydrogen-bond donors (Lipinski definition) is 1. The Hall–Kier alpha value is -6.94. The molecule has 3 heteroatoms. The van der Waals surface area contributed by atoms with E-state index in [9.17, 15) is 0 Å². The third kappa shape index (κ3) is 6.01. The Morgan fingerprint density at radius 3 is 1.93 bits per heavy atom. The first-order valence-electron chi connectivity index (χ1n) is 18.9. The summed E-state index contributed by atoms with van der Waals surface area (Å²) in [6.07, 6.45) is 0.947. The molecule has 0 saturated carbocycles. The molecule has 0 aliphatic heterocycles. The van der Waals surface area contributed by atoms with E-state index in [1.54, 1.807) is 0 Å². The van der Waals surface area contributed by atoms with E-state index in [-0.39, 0.29) is 6.67 Å². The minimum absolute atomic E-state index is 0.124. The fraction of sp³-hybridized carbons (Fsp3) is 0.0385. The smallest absolute Gasteiger partial charge is 0.156 e. The SMILES string of the molecule is NCN=C(N=C(c1ccc2ccccc2c1)c1cccc2cc(-c3ccccc3)ccc12)c1ccc(-c2cccc3c2-c2cc4ccccc4cc2C3)cc1. The fourth-order valence-corrected chi connectivity index (χ4v) is 8.28. The molecule has 9 aromatic carbocycles. The molecule has 0 heterocycles. The van der Waals surface area contributed by atoms with Crippen LogP contribution in [0, 0.1) is 0 Å². The summed E-state index contributed by atoms with van der Waals surface area (Å²) < 4.78 is 0. The van der Waals surface area contributed by atoms with Crippen LogP contribution in [0.25, 0.3) is 65.7 Å². The van der Waals surface area contributed by atoms with Gasteiger partial charge in [-0.05, 0) is 101 Å². The van der Waals surface area contributed by atoms with Crippen molar-refractivity contribution >= 4 is 43.9 Å². The van der Waals surface area contributed by atoms with Crippen molar-refractivity contribution in [2.24, 2.45) is 15.7 Å². The molecule has 0 aromatic heterocycles. The van der Waals surface area contributed by atoms with Crippen molar-refractivity contribution in [2.45, 2.75) is 6.42 Å². The molecule has 0 spiro atoms. The van der Waals surface area contributed by atoms with Gasteiger partial charge in [-0.2, -0.15) is 0 Å². The van der Waals surface area contributed by atoms with Crippen LogP contribution >= 0.6 is 0 Å². The van der Waals surface area contributed by atoms with Gasteiger partial charge in [0.1, 0.15) is 0 Å². The van der Waals surface area contributed by atoms with Crippen LogP contribution in [0.15, 0.2) is 198 Å². The molecule has 2 N–H and O–H groups in total. The Labute approximate surface area is 320 Å². The molecule has 10 rings (SSSR count). The molecule has 0 unspecified atom stereocenters. The van der Waals surface area contributed by atoms with Crippen LogP contribution in [-0.4, -0.2) is 18.2 Å². The minimum Gasteiger partial charge on any atom is -0.312 e. The first-order chi connectivity index (χ1) is 27.2. The van der Waals surface area contributed by atoms with Gasteiger partial charge in [0.25, 0.3) is 0 Å². The Kier molecular flexibility index (Phi) is 8.20. The lowest BCUT2D eigenvalue weighted by Crippen LogP contribution is -2.11. The fourth-order valence-electron chi connectivity index (χ4n) is 8.28. The Morgan fingerprint density at radius 1 is 0.455 bits per heavy atom. The van der Waals surface area contributed by atoms with Gasteiger partial charge in [-0.25, -0.2) is 4.99 Å². The van der Waals surface area contributed by atoms with Crippen molar-refractivity contribution in [1.82, 2.24) is 0 Å². The number of amidine groups is 1. The molecule has 55 heavy (non-hydrogen) atoms. The Balaban J connectivity index is 1.08. The highest BCUT2D eigenvalue weighted by atomic mass is 15.0. The van der Waals surface area contributed by atoms with E-state index in [1.165, 1.54) is 55.1 Å². The Morgan fingerprint density at radius 2 is 1.13 bits per heavy atom. The number of fused-ring (bicyclic) bond motifs is 6. The second-order valence-corrected chi connectivity index (χ2v) is 14.2. The zero-order valence-electron chi connectivity index (χ0n) is 30.3. The maximum Gasteiger partial charge on any atom is 0.156 e. The lowest BCUT2D eigenvalue weighted by Gasteiger charge is -2.14. The third-order valence-electron chi connectivity index (χ3n) is 11.0. The largest absolute Gasteiger partial charge is 0.312 e. The average molecular weight is 704 g/mol. The zero-order chi connectivity index (χ0) is 36.7. The lowest BCUT2D eigenvalue weighted by atomic mass is 9.92. The summed E-state index contributed by atoms with van der Waals surface area (Å²) in [6, 6.07) is 67.4. The molecule has 3 nitrogen and oxygen atoms in total. The third-order valence-corrected chi connectivity index (χ3v) is 11.0. The number of benzene rings is 9. The summed E-state index contributed by atoms with van der Waals surface area (Å²) in [5, 5.41) is 7.18. The van der Waals surface area contributed by atoms with Gasteiger partial charge in [-0.3, -0.25) is 4.99 Å². The van der Waals surface area contributed by atoms with Gasteiger partial charge in [0.15, 0.2) is 5.84 Å². The average Bonchev–Trinajstić information content (AvgIpc) is 3.61. The maximum atomic E-state index is 6.17. The molecule has 0 saturated heterocycles. The van der Waals surface area contributed by atoms with Gasteiger partial charge < -0.3 is 5.73 Å². The van der Waals surface area contributed by atoms with E-state index in [4.69, 9.17) is 15.7 Å². The van der Waals surface area contributed by atoms with Crippen molar-refractivity contribution in [3.05, 3.63) is 216 Å². The number of aliphatic imine (C=N–C) groups is 2. The second-order valence-electron chi connectivity index (χ2n) is 14.2. The van der Waals surface area contributed by atoms with Crippen molar-refractivity contribution in [3.8, 4) is 33.4 Å². The second kappa shape index (κ2) is 13.8. The van der Waals surface area contributed by atoms with Crippen LogP contribution in [0.4, 0.5) is 0 Å². The Bertz CT molecular complexity index is 2970. The first kappa shape index (κ1) is 32.7. The van der Waals surface area contributed by atoms with Crippen LogP contribution in [0.1, 0.15) is 27.8 Å². The van der Waals surface area contributed by atoms with Gasteiger partial charge >= 0.3 is 0 Å². The highest BCUT2D eigenvalue weighted by Crippen LogP contribution is 2.44. The van der Waals surface area contributed by atoms with Gasteiger partial charge in [0.05, 0.1) is 12.4 Å². The predicted molar refractivity (Wildman–Crippen MR) is 232 cm³/mol. The lowest BCUT2D eigenvalue weighted by molar-refractivity contribution is 1.06. The molecule has 1 aliphatic carbocycles. The number of rotatable bonds is 6. The number of nitrogens with zero attached hydrogens (tertiary/aromatic N) is 2. The number of hydrogen-bond acceptors (Lipinski definition) is 2. The normalized spacial score (nSPS) is 12.7. The van der Waals surface area contributed by atoms with Crippen LogP contribution < -0.4 is 5.73 Å². The van der Waals surface area contributed by atoms with E-state index in [0.717, 1.165) is 50.5 Å². The summed E-state index contributed by atoms with van der Waals surface area (Å²) in [6.45, 7) is 0.124. The number of nitrogens with two attached hydrogens (primary N) is 1. The van der Waals surface area contributed by atoms with Crippen molar-refractivity contribution in [1.29, 1.82) is 0 Å². The van der Waals surface area contributed by atoms with Gasteiger partial charge in [-0.15, -0.1) is 0 Å². The molecule has 0 radical (unpaired) electrons. The summed E-state index contributed by atoms with van der Waals surface area (Å²) in [5.41, 5.74) is 20.2. The topological polar surface area (TPSA) is 50.7 Å². The molecular formula is C52H37N3. The minimum atomic E-state index is 0.124. The molecular weight excluding hydrogens is 667 g/mol. The summed E-state index contributed by atoms with van der Waals surface area (Å²) in [4.78, 5) is 10.2. The first-order valence-corrected chi connectivity index (χ1v) is 18.9.